The maximum Gasteiger partial charge on any atom is 0.285 e. The first kappa shape index (κ1) is 23.2. The number of halogens is 1. The molecule has 3 aromatic carbocycles. The van der Waals surface area contributed by atoms with E-state index in [2.05, 4.69) is 21.4 Å². The topological polar surface area (TPSA) is 58.6 Å². The van der Waals surface area contributed by atoms with Gasteiger partial charge in [0.05, 0.1) is 4.91 Å². The van der Waals surface area contributed by atoms with Crippen molar-refractivity contribution in [3.63, 3.8) is 0 Å². The largest absolute Gasteiger partial charge is 0.488 e. The van der Waals surface area contributed by atoms with Crippen LogP contribution in [0.1, 0.15) is 27.0 Å². The predicted octanol–water partition coefficient (Wildman–Crippen LogP) is 5.88. The molecule has 0 saturated carbocycles. The second-order valence-corrected chi connectivity index (χ2v) is 9.87. The number of hydrazine groups is 1. The average Bonchev–Trinajstić information content (AvgIpc) is 3.07. The van der Waals surface area contributed by atoms with Gasteiger partial charge in [0, 0.05) is 15.6 Å². The third-order valence-electron chi connectivity index (χ3n) is 4.83. The van der Waals surface area contributed by atoms with Crippen LogP contribution in [-0.2, 0) is 11.4 Å². The molecule has 1 saturated heterocycles. The molecule has 0 spiro atoms. The van der Waals surface area contributed by atoms with Gasteiger partial charge < -0.3 is 4.74 Å². The van der Waals surface area contributed by atoms with Gasteiger partial charge in [-0.15, -0.1) is 0 Å². The fraction of sp³-hybridized carbons (Fsp3) is 0.0800. The van der Waals surface area contributed by atoms with Crippen molar-refractivity contribution in [3.8, 4) is 5.75 Å². The highest BCUT2D eigenvalue weighted by Crippen LogP contribution is 2.33. The smallest absolute Gasteiger partial charge is 0.285 e. The molecule has 1 aliphatic rings. The Morgan fingerprint density at radius 3 is 2.52 bits per heavy atom. The Morgan fingerprint density at radius 1 is 1.09 bits per heavy atom. The third-order valence-corrected chi connectivity index (χ3v) is 6.66. The number of benzene rings is 3. The lowest BCUT2D eigenvalue weighted by Gasteiger charge is -2.15. The van der Waals surface area contributed by atoms with E-state index < -0.39 is 5.91 Å². The molecule has 4 rings (SSSR count). The number of para-hydroxylation sites is 1. The minimum Gasteiger partial charge on any atom is -0.488 e. The van der Waals surface area contributed by atoms with Crippen molar-refractivity contribution in [1.82, 2.24) is 10.4 Å². The standard InChI is InChI=1S/C25H19BrN2O3S2/c1-16-6-8-17(9-7-16)15-31-21-5-3-2-4-19(21)14-22-24(30)28(25(32)33-22)27-23(29)18-10-12-20(26)13-11-18/h2-14H,15H2,1H3,(H,27,29)/b22-14+. The molecule has 8 heteroatoms. The summed E-state index contributed by atoms with van der Waals surface area (Å²) in [4.78, 5) is 25.9. The maximum atomic E-state index is 13.0. The van der Waals surface area contributed by atoms with Crippen LogP contribution < -0.4 is 10.2 Å². The first-order chi connectivity index (χ1) is 15.9. The van der Waals surface area contributed by atoms with Crippen molar-refractivity contribution in [3.05, 3.63) is 104 Å². The summed E-state index contributed by atoms with van der Waals surface area (Å²) in [6, 6.07) is 22.5. The number of carbonyl (C=O) groups is 2. The monoisotopic (exact) mass is 538 g/mol. The Kier molecular flexibility index (Phi) is 7.27. The van der Waals surface area contributed by atoms with Crippen molar-refractivity contribution < 1.29 is 14.3 Å². The zero-order chi connectivity index (χ0) is 23.4. The summed E-state index contributed by atoms with van der Waals surface area (Å²) < 4.78 is 7.13. The van der Waals surface area contributed by atoms with E-state index in [0.29, 0.717) is 22.8 Å². The van der Waals surface area contributed by atoms with Crippen LogP contribution in [-0.4, -0.2) is 21.1 Å². The average molecular weight is 539 g/mol. The summed E-state index contributed by atoms with van der Waals surface area (Å²) in [7, 11) is 0. The number of nitrogens with zero attached hydrogens (tertiary/aromatic N) is 1. The van der Waals surface area contributed by atoms with E-state index in [1.165, 1.54) is 5.56 Å². The molecule has 2 amide bonds. The van der Waals surface area contributed by atoms with Crippen LogP contribution in [0.4, 0.5) is 0 Å². The second-order valence-electron chi connectivity index (χ2n) is 7.28. The Morgan fingerprint density at radius 2 is 1.79 bits per heavy atom. The summed E-state index contributed by atoms with van der Waals surface area (Å²) in [5, 5.41) is 1.10. The third kappa shape index (κ3) is 5.71. The molecule has 33 heavy (non-hydrogen) atoms. The zero-order valence-corrected chi connectivity index (χ0v) is 20.8. The lowest BCUT2D eigenvalue weighted by atomic mass is 10.1. The van der Waals surface area contributed by atoms with Gasteiger partial charge in [-0.25, -0.2) is 0 Å². The number of thiocarbonyl (C=S) groups is 1. The molecule has 5 nitrogen and oxygen atoms in total. The fourth-order valence-electron chi connectivity index (χ4n) is 3.05. The minimum absolute atomic E-state index is 0.259. The van der Waals surface area contributed by atoms with Crippen LogP contribution in [0.25, 0.3) is 6.08 Å². The first-order valence-electron chi connectivity index (χ1n) is 10.0. The number of hydrogen-bond donors (Lipinski definition) is 1. The van der Waals surface area contributed by atoms with Crippen molar-refractivity contribution in [1.29, 1.82) is 0 Å². The van der Waals surface area contributed by atoms with Crippen LogP contribution in [0.5, 0.6) is 5.75 Å². The molecule has 0 bridgehead atoms. The van der Waals surface area contributed by atoms with Crippen molar-refractivity contribution >= 4 is 62.1 Å². The summed E-state index contributed by atoms with van der Waals surface area (Å²) in [6.45, 7) is 2.45. The van der Waals surface area contributed by atoms with E-state index in [4.69, 9.17) is 17.0 Å². The lowest BCUT2D eigenvalue weighted by Crippen LogP contribution is -2.44. The SMILES string of the molecule is Cc1ccc(COc2ccccc2/C=C2/SC(=S)N(NC(=O)c3ccc(Br)cc3)C2=O)cc1. The van der Waals surface area contributed by atoms with Crippen LogP contribution in [0.3, 0.4) is 0 Å². The van der Waals surface area contributed by atoms with Crippen molar-refractivity contribution in [2.45, 2.75) is 13.5 Å². The molecule has 0 aromatic heterocycles. The fourth-order valence-corrected chi connectivity index (χ4v) is 4.48. The number of nitrogens with one attached hydrogen (secondary N) is 1. The lowest BCUT2D eigenvalue weighted by molar-refractivity contribution is -0.123. The quantitative estimate of drug-likeness (QED) is 0.313. The molecule has 1 fully saturated rings. The number of amides is 2. The van der Waals surface area contributed by atoms with Gasteiger partial charge in [0.2, 0.25) is 0 Å². The van der Waals surface area contributed by atoms with E-state index >= 15 is 0 Å². The Bertz CT molecular complexity index is 1240. The minimum atomic E-state index is -0.415. The molecule has 0 radical (unpaired) electrons. The van der Waals surface area contributed by atoms with Crippen LogP contribution >= 0.6 is 39.9 Å². The molecular weight excluding hydrogens is 520 g/mol. The Balaban J connectivity index is 1.48. The molecule has 0 atom stereocenters. The molecule has 1 N–H and O–H groups in total. The highest BCUT2D eigenvalue weighted by molar-refractivity contribution is 9.10. The van der Waals surface area contributed by atoms with Crippen molar-refractivity contribution in [2.75, 3.05) is 0 Å². The molecular formula is C25H19BrN2O3S2. The normalized spacial score (nSPS) is 14.6. The van der Waals surface area contributed by atoms with E-state index in [9.17, 15) is 9.59 Å². The summed E-state index contributed by atoms with van der Waals surface area (Å²) in [6.07, 6.45) is 1.73. The Hall–Kier alpha value is -2.94. The number of ether oxygens (including phenoxy) is 1. The molecule has 166 valence electrons. The van der Waals surface area contributed by atoms with Gasteiger partial charge in [0.25, 0.3) is 11.8 Å². The highest BCUT2D eigenvalue weighted by Gasteiger charge is 2.34. The maximum absolute atomic E-state index is 13.0. The van der Waals surface area contributed by atoms with Gasteiger partial charge in [0.15, 0.2) is 4.32 Å². The van der Waals surface area contributed by atoms with E-state index in [0.717, 1.165) is 32.4 Å². The molecule has 3 aromatic rings. The van der Waals surface area contributed by atoms with E-state index in [1.807, 2.05) is 55.5 Å². The van der Waals surface area contributed by atoms with Gasteiger partial charge in [-0.05, 0) is 61.1 Å². The zero-order valence-electron chi connectivity index (χ0n) is 17.6. The number of carbonyl (C=O) groups excluding carboxylic acids is 2. The van der Waals surface area contributed by atoms with Gasteiger partial charge in [-0.2, -0.15) is 5.01 Å². The summed E-state index contributed by atoms with van der Waals surface area (Å²) in [5.41, 5.74) is 6.01. The highest BCUT2D eigenvalue weighted by atomic mass is 79.9. The molecule has 1 heterocycles. The Labute approximate surface area is 209 Å². The summed E-state index contributed by atoms with van der Waals surface area (Å²) >= 11 is 9.80. The van der Waals surface area contributed by atoms with Crippen LogP contribution in [0.15, 0.2) is 82.2 Å². The van der Waals surface area contributed by atoms with Crippen LogP contribution in [0.2, 0.25) is 0 Å². The van der Waals surface area contributed by atoms with Gasteiger partial charge >= 0.3 is 0 Å². The predicted molar refractivity (Wildman–Crippen MR) is 139 cm³/mol. The number of hydrogen-bond acceptors (Lipinski definition) is 5. The van der Waals surface area contributed by atoms with E-state index in [-0.39, 0.29) is 10.2 Å². The van der Waals surface area contributed by atoms with E-state index in [1.54, 1.807) is 30.3 Å². The summed E-state index contributed by atoms with van der Waals surface area (Å²) in [5.74, 6) is -0.145. The van der Waals surface area contributed by atoms with Gasteiger partial charge in [0.1, 0.15) is 12.4 Å². The van der Waals surface area contributed by atoms with Crippen molar-refractivity contribution in [2.24, 2.45) is 0 Å². The number of rotatable bonds is 6. The molecule has 0 aliphatic carbocycles. The first-order valence-corrected chi connectivity index (χ1v) is 12.0. The number of aryl methyl sites for hydroxylation is 1. The van der Waals surface area contributed by atoms with Gasteiger partial charge in [-0.3, -0.25) is 15.0 Å². The van der Waals surface area contributed by atoms with Gasteiger partial charge in [-0.1, -0.05) is 75.7 Å². The molecule has 0 unspecified atom stereocenters. The number of thioether (sulfide) groups is 1. The molecule has 1 aliphatic heterocycles. The van der Waals surface area contributed by atoms with Crippen LogP contribution in [0, 0.1) is 6.92 Å². The second kappa shape index (κ2) is 10.3.